The number of hydrogen-bond acceptors (Lipinski definition) is 8. The van der Waals surface area contributed by atoms with Crippen LogP contribution in [0.2, 0.25) is 0 Å². The fourth-order valence-corrected chi connectivity index (χ4v) is 7.88. The van der Waals surface area contributed by atoms with Crippen LogP contribution in [0.4, 0.5) is 4.79 Å². The Hall–Kier alpha value is -4.04. The zero-order chi connectivity index (χ0) is 32.4. The number of ether oxygens (including phenoxy) is 1. The van der Waals surface area contributed by atoms with Crippen LogP contribution in [-0.4, -0.2) is 57.8 Å². The van der Waals surface area contributed by atoms with Crippen molar-refractivity contribution in [2.24, 2.45) is 0 Å². The Kier molecular flexibility index (Phi) is 9.44. The van der Waals surface area contributed by atoms with Crippen molar-refractivity contribution in [3.63, 3.8) is 0 Å². The van der Waals surface area contributed by atoms with Crippen LogP contribution in [0.15, 0.2) is 101 Å². The van der Waals surface area contributed by atoms with Gasteiger partial charge in [0, 0.05) is 34.4 Å². The van der Waals surface area contributed by atoms with E-state index in [1.807, 2.05) is 30.3 Å². The zero-order valence-corrected chi connectivity index (χ0v) is 27.9. The number of nitrogens with zero attached hydrogens (tertiary/aromatic N) is 3. The van der Waals surface area contributed by atoms with Crippen molar-refractivity contribution < 1.29 is 28.0 Å². The Balaban J connectivity index is 1.43. The first kappa shape index (κ1) is 32.4. The van der Waals surface area contributed by atoms with E-state index in [0.29, 0.717) is 25.4 Å². The van der Waals surface area contributed by atoms with Crippen LogP contribution in [0.25, 0.3) is 21.5 Å². The molecule has 0 aliphatic carbocycles. The van der Waals surface area contributed by atoms with E-state index in [-0.39, 0.29) is 28.4 Å². The van der Waals surface area contributed by atoms with Crippen molar-refractivity contribution in [1.29, 1.82) is 0 Å². The number of carbonyl (C=O) groups is 2. The summed E-state index contributed by atoms with van der Waals surface area (Å²) in [6, 6.07) is 21.6. The van der Waals surface area contributed by atoms with Gasteiger partial charge in [-0.15, -0.1) is 11.3 Å². The molecule has 0 saturated heterocycles. The van der Waals surface area contributed by atoms with Crippen LogP contribution in [0.5, 0.6) is 0 Å². The molecule has 5 aromatic rings. The number of pyridine rings is 1. The number of nitrogens with one attached hydrogen (secondary N) is 1. The van der Waals surface area contributed by atoms with Crippen LogP contribution in [0.3, 0.4) is 0 Å². The number of hydrogen-bond donors (Lipinski definition) is 2. The average molecular weight is 712 g/mol. The molecule has 13 heteroatoms. The minimum Gasteiger partial charge on any atom is -0.444 e. The van der Waals surface area contributed by atoms with Crippen LogP contribution in [-0.2, 0) is 21.2 Å². The molecule has 0 fully saturated rings. The predicted molar refractivity (Wildman–Crippen MR) is 176 cm³/mol. The summed E-state index contributed by atoms with van der Waals surface area (Å²) in [6.45, 7) is 5.18. The molecule has 3 heterocycles. The minimum atomic E-state index is -3.89. The lowest BCUT2D eigenvalue weighted by atomic mass is 10.1. The number of carbonyl (C=O) groups excluding carboxylic acids is 2. The van der Waals surface area contributed by atoms with E-state index in [2.05, 4.69) is 26.2 Å². The van der Waals surface area contributed by atoms with Crippen molar-refractivity contribution >= 4 is 60.3 Å². The highest BCUT2D eigenvalue weighted by molar-refractivity contribution is 9.10. The van der Waals surface area contributed by atoms with Crippen molar-refractivity contribution in [3.8, 4) is 10.4 Å². The van der Waals surface area contributed by atoms with Gasteiger partial charge in [-0.05, 0) is 79.0 Å². The highest BCUT2D eigenvalue weighted by atomic mass is 79.9. The van der Waals surface area contributed by atoms with Gasteiger partial charge in [0.15, 0.2) is 5.65 Å². The standard InChI is InChI=1S/C32H31BrN4O6S2/c1-32(2,3)43-31(39)35-20-22(18-21-10-6-4-7-11-21)37(40)30(38)27-19-26(33)28(44-27)24-14-16-34-29-25(24)15-17-36(29)45(41,42)23-12-8-5-9-13-23/h4-17,19,22,40H,18,20H2,1-3H3,(H,35,39). The highest BCUT2D eigenvalue weighted by Crippen LogP contribution is 2.40. The van der Waals surface area contributed by atoms with Crippen LogP contribution < -0.4 is 5.32 Å². The fourth-order valence-electron chi connectivity index (χ4n) is 4.70. The molecule has 0 aliphatic heterocycles. The van der Waals surface area contributed by atoms with E-state index in [0.717, 1.165) is 20.9 Å². The molecule has 0 radical (unpaired) electrons. The Morgan fingerprint density at radius 1 is 1.07 bits per heavy atom. The lowest BCUT2D eigenvalue weighted by Gasteiger charge is -2.27. The second kappa shape index (κ2) is 13.1. The maximum atomic E-state index is 13.6. The molecular formula is C32H31BrN4O6S2. The molecule has 2 aromatic carbocycles. The Labute approximate surface area is 273 Å². The van der Waals surface area contributed by atoms with Gasteiger partial charge in [-0.3, -0.25) is 10.0 Å². The summed E-state index contributed by atoms with van der Waals surface area (Å²) in [5.41, 5.74) is 1.06. The Morgan fingerprint density at radius 3 is 2.40 bits per heavy atom. The molecule has 10 nitrogen and oxygen atoms in total. The van der Waals surface area contributed by atoms with Gasteiger partial charge in [0.2, 0.25) is 0 Å². The fraction of sp³-hybridized carbons (Fsp3) is 0.219. The maximum Gasteiger partial charge on any atom is 0.407 e. The lowest BCUT2D eigenvalue weighted by Crippen LogP contribution is -2.47. The quantitative estimate of drug-likeness (QED) is 0.128. The number of alkyl carbamates (subject to hydrolysis) is 1. The summed E-state index contributed by atoms with van der Waals surface area (Å²) in [5, 5.41) is 15.0. The summed E-state index contributed by atoms with van der Waals surface area (Å²) in [4.78, 5) is 31.4. The van der Waals surface area contributed by atoms with Gasteiger partial charge in [-0.1, -0.05) is 48.5 Å². The largest absolute Gasteiger partial charge is 0.444 e. The maximum absolute atomic E-state index is 13.6. The van der Waals surface area contributed by atoms with Gasteiger partial charge >= 0.3 is 6.09 Å². The van der Waals surface area contributed by atoms with Gasteiger partial charge in [0.25, 0.3) is 15.9 Å². The van der Waals surface area contributed by atoms with Crippen LogP contribution in [0, 0.1) is 0 Å². The van der Waals surface area contributed by atoms with E-state index < -0.39 is 33.7 Å². The van der Waals surface area contributed by atoms with Crippen molar-refractivity contribution in [2.45, 2.75) is 43.7 Å². The predicted octanol–water partition coefficient (Wildman–Crippen LogP) is 6.73. The van der Waals surface area contributed by atoms with Gasteiger partial charge in [0.1, 0.15) is 5.60 Å². The monoisotopic (exact) mass is 710 g/mol. The number of halogens is 1. The van der Waals surface area contributed by atoms with Crippen LogP contribution in [0.1, 0.15) is 36.0 Å². The summed E-state index contributed by atoms with van der Waals surface area (Å²) in [7, 11) is -3.89. The first-order valence-corrected chi connectivity index (χ1v) is 17.0. The smallest absolute Gasteiger partial charge is 0.407 e. The minimum absolute atomic E-state index is 0.0557. The summed E-state index contributed by atoms with van der Waals surface area (Å²) in [5.74, 6) is -0.659. The molecule has 0 saturated carbocycles. The number of amides is 2. The number of thiophene rings is 1. The van der Waals surface area contributed by atoms with Gasteiger partial charge < -0.3 is 10.1 Å². The molecular weight excluding hydrogens is 680 g/mol. The van der Waals surface area contributed by atoms with Gasteiger partial charge in [0.05, 0.1) is 20.7 Å². The molecule has 1 atom stereocenters. The SMILES string of the molecule is CC(C)(C)OC(=O)NCC(Cc1ccccc1)N(O)C(=O)c1cc(Br)c(-c2ccnc3c2ccn3S(=O)(=O)c2ccccc2)s1. The molecule has 0 spiro atoms. The molecule has 3 aromatic heterocycles. The molecule has 2 N–H and O–H groups in total. The van der Waals surface area contributed by atoms with Gasteiger partial charge in [-0.2, -0.15) is 0 Å². The molecule has 234 valence electrons. The molecule has 1 unspecified atom stereocenters. The number of hydroxylamine groups is 2. The molecule has 0 bridgehead atoms. The normalized spacial score (nSPS) is 12.6. The van der Waals surface area contributed by atoms with Crippen molar-refractivity contribution in [3.05, 3.63) is 106 Å². The van der Waals surface area contributed by atoms with Gasteiger partial charge in [-0.25, -0.2) is 27.2 Å². The molecule has 5 rings (SSSR count). The van der Waals surface area contributed by atoms with Crippen molar-refractivity contribution in [2.75, 3.05) is 6.54 Å². The highest BCUT2D eigenvalue weighted by Gasteiger charge is 2.28. The van der Waals surface area contributed by atoms with E-state index in [1.165, 1.54) is 24.5 Å². The second-order valence-corrected chi connectivity index (χ2v) is 14.9. The van der Waals surface area contributed by atoms with E-state index >= 15 is 0 Å². The number of aromatic nitrogens is 2. The van der Waals surface area contributed by atoms with E-state index in [1.54, 1.807) is 57.2 Å². The number of benzene rings is 2. The lowest BCUT2D eigenvalue weighted by molar-refractivity contribution is -0.0874. The molecule has 45 heavy (non-hydrogen) atoms. The first-order valence-electron chi connectivity index (χ1n) is 13.9. The Bertz CT molecular complexity index is 1940. The summed E-state index contributed by atoms with van der Waals surface area (Å²) < 4.78 is 33.8. The molecule has 0 aliphatic rings. The summed E-state index contributed by atoms with van der Waals surface area (Å²) >= 11 is 4.68. The number of rotatable bonds is 9. The third-order valence-corrected chi connectivity index (χ3v) is 10.5. The van der Waals surface area contributed by atoms with Crippen molar-refractivity contribution in [1.82, 2.24) is 19.3 Å². The summed E-state index contributed by atoms with van der Waals surface area (Å²) in [6.07, 6.45) is 2.58. The second-order valence-electron chi connectivity index (χ2n) is 11.2. The average Bonchev–Trinajstić information content (AvgIpc) is 3.63. The van der Waals surface area contributed by atoms with E-state index in [4.69, 9.17) is 4.74 Å². The zero-order valence-electron chi connectivity index (χ0n) is 24.7. The van der Waals surface area contributed by atoms with E-state index in [9.17, 15) is 23.2 Å². The van der Waals surface area contributed by atoms with Crippen LogP contribution >= 0.6 is 27.3 Å². The first-order chi connectivity index (χ1) is 21.3. The third-order valence-electron chi connectivity index (χ3n) is 6.75. The Morgan fingerprint density at radius 2 is 1.73 bits per heavy atom. The topological polar surface area (TPSA) is 131 Å². The number of fused-ring (bicyclic) bond motifs is 1. The third kappa shape index (κ3) is 7.28. The molecule has 2 amide bonds.